The van der Waals surface area contributed by atoms with Crippen LogP contribution in [0, 0.1) is 0 Å². The molecule has 0 atom stereocenters. The monoisotopic (exact) mass is 426 g/mol. The van der Waals surface area contributed by atoms with Gasteiger partial charge in [-0.1, -0.05) is 11.6 Å². The third-order valence-corrected chi connectivity index (χ3v) is 4.60. The normalized spacial score (nSPS) is 12.7. The predicted octanol–water partition coefficient (Wildman–Crippen LogP) is 7.14. The van der Waals surface area contributed by atoms with Gasteiger partial charge in [0.2, 0.25) is 0 Å². The van der Waals surface area contributed by atoms with E-state index in [4.69, 9.17) is 11.6 Å². The minimum Gasteiger partial charge on any atom is -0.255 e. The lowest BCUT2D eigenvalue weighted by Gasteiger charge is -2.14. The molecule has 0 N–H and O–H groups in total. The van der Waals surface area contributed by atoms with Gasteiger partial charge in [0.05, 0.1) is 27.9 Å². The molecule has 2 aromatic heterocycles. The van der Waals surface area contributed by atoms with E-state index in [0.29, 0.717) is 39.0 Å². The number of rotatable bonds is 1. The van der Waals surface area contributed by atoms with E-state index in [-0.39, 0.29) is 17.3 Å². The van der Waals surface area contributed by atoms with Gasteiger partial charge in [0.15, 0.2) is 0 Å². The molecule has 4 aromatic rings. The highest BCUT2D eigenvalue weighted by Crippen LogP contribution is 2.38. The van der Waals surface area contributed by atoms with E-state index in [1.54, 1.807) is 24.3 Å². The van der Waals surface area contributed by atoms with Crippen molar-refractivity contribution in [2.45, 2.75) is 12.4 Å². The topological polar surface area (TPSA) is 25.8 Å². The number of alkyl halides is 6. The summed E-state index contributed by atoms with van der Waals surface area (Å²) in [6, 6.07) is 9.15. The third-order valence-electron chi connectivity index (χ3n) is 4.37. The van der Waals surface area contributed by atoms with Crippen molar-refractivity contribution in [1.82, 2.24) is 9.97 Å². The fraction of sp³-hybridized carbons (Fsp3) is 0.100. The molecule has 0 spiro atoms. The Labute approximate surface area is 164 Å². The number of benzene rings is 2. The Bertz CT molecular complexity index is 1220. The van der Waals surface area contributed by atoms with Gasteiger partial charge in [-0.25, -0.2) is 4.98 Å². The fourth-order valence-electron chi connectivity index (χ4n) is 3.00. The number of nitrogens with zero attached hydrogens (tertiary/aromatic N) is 2. The molecule has 148 valence electrons. The smallest absolute Gasteiger partial charge is 0.255 e. The molecular weight excluding hydrogens is 418 g/mol. The number of fused-ring (bicyclic) bond motifs is 3. The van der Waals surface area contributed by atoms with Crippen molar-refractivity contribution in [1.29, 1.82) is 0 Å². The van der Waals surface area contributed by atoms with Crippen molar-refractivity contribution in [3.63, 3.8) is 0 Å². The number of hydrogen-bond acceptors (Lipinski definition) is 2. The number of halogens is 7. The van der Waals surface area contributed by atoms with E-state index in [0.717, 1.165) is 0 Å². The van der Waals surface area contributed by atoms with E-state index in [9.17, 15) is 26.3 Å². The molecular formula is C20H9ClF6N2. The van der Waals surface area contributed by atoms with Crippen LogP contribution in [0.15, 0.2) is 54.7 Å². The Hall–Kier alpha value is -2.87. The van der Waals surface area contributed by atoms with Gasteiger partial charge in [0.25, 0.3) is 0 Å². The van der Waals surface area contributed by atoms with Crippen LogP contribution in [0.1, 0.15) is 11.1 Å². The Morgan fingerprint density at radius 3 is 2.03 bits per heavy atom. The van der Waals surface area contributed by atoms with E-state index in [2.05, 4.69) is 9.97 Å². The molecule has 0 unspecified atom stereocenters. The van der Waals surface area contributed by atoms with Crippen molar-refractivity contribution >= 4 is 33.4 Å². The molecule has 2 heterocycles. The largest absolute Gasteiger partial charge is 0.416 e. The van der Waals surface area contributed by atoms with Gasteiger partial charge in [0.1, 0.15) is 0 Å². The zero-order chi connectivity index (χ0) is 21.0. The van der Waals surface area contributed by atoms with Gasteiger partial charge in [-0.15, -0.1) is 0 Å². The van der Waals surface area contributed by atoms with Crippen molar-refractivity contribution in [2.75, 3.05) is 0 Å². The average molecular weight is 427 g/mol. The molecule has 29 heavy (non-hydrogen) atoms. The van der Waals surface area contributed by atoms with Gasteiger partial charge >= 0.3 is 12.4 Å². The molecule has 9 heteroatoms. The summed E-state index contributed by atoms with van der Waals surface area (Å²) in [5, 5.41) is 1.52. The van der Waals surface area contributed by atoms with Gasteiger partial charge in [0, 0.05) is 27.6 Å². The fourth-order valence-corrected chi connectivity index (χ4v) is 3.18. The molecule has 2 aromatic carbocycles. The third kappa shape index (κ3) is 3.72. The van der Waals surface area contributed by atoms with Crippen LogP contribution in [0.25, 0.3) is 33.1 Å². The maximum Gasteiger partial charge on any atom is 0.416 e. The van der Waals surface area contributed by atoms with Crippen LogP contribution in [-0.4, -0.2) is 9.97 Å². The van der Waals surface area contributed by atoms with E-state index in [1.807, 2.05) is 0 Å². The Balaban J connectivity index is 1.99. The predicted molar refractivity (Wildman–Crippen MR) is 97.5 cm³/mol. The molecule has 0 saturated heterocycles. The molecule has 0 bridgehead atoms. The minimum atomic E-state index is -4.93. The lowest BCUT2D eigenvalue weighted by Crippen LogP contribution is -2.11. The van der Waals surface area contributed by atoms with Crippen LogP contribution < -0.4 is 0 Å². The van der Waals surface area contributed by atoms with Crippen LogP contribution in [0.4, 0.5) is 26.3 Å². The zero-order valence-corrected chi connectivity index (χ0v) is 15.0. The molecule has 0 saturated carbocycles. The van der Waals surface area contributed by atoms with E-state index >= 15 is 0 Å². The highest BCUT2D eigenvalue weighted by molar-refractivity contribution is 6.31. The first-order valence-corrected chi connectivity index (χ1v) is 8.55. The first-order chi connectivity index (χ1) is 13.5. The van der Waals surface area contributed by atoms with Crippen LogP contribution >= 0.6 is 11.6 Å². The zero-order valence-electron chi connectivity index (χ0n) is 14.2. The van der Waals surface area contributed by atoms with Crippen LogP contribution in [-0.2, 0) is 12.4 Å². The second-order valence-electron chi connectivity index (χ2n) is 6.35. The quantitative estimate of drug-likeness (QED) is 0.239. The highest BCUT2D eigenvalue weighted by Gasteiger charge is 2.37. The molecule has 0 aliphatic rings. The number of aromatic nitrogens is 2. The van der Waals surface area contributed by atoms with E-state index in [1.165, 1.54) is 12.3 Å². The van der Waals surface area contributed by atoms with Crippen molar-refractivity contribution in [2.24, 2.45) is 0 Å². The summed E-state index contributed by atoms with van der Waals surface area (Å²) in [6.07, 6.45) is -8.34. The lowest BCUT2D eigenvalue weighted by atomic mass is 10.0. The summed E-state index contributed by atoms with van der Waals surface area (Å²) in [5.74, 6) is 0. The molecule has 0 aliphatic carbocycles. The van der Waals surface area contributed by atoms with Crippen molar-refractivity contribution in [3.05, 3.63) is 70.9 Å². The van der Waals surface area contributed by atoms with Crippen LogP contribution in [0.3, 0.4) is 0 Å². The summed E-state index contributed by atoms with van der Waals surface area (Å²) in [7, 11) is 0. The Morgan fingerprint density at radius 2 is 1.41 bits per heavy atom. The summed E-state index contributed by atoms with van der Waals surface area (Å²) >= 11 is 6.01. The van der Waals surface area contributed by atoms with Crippen LogP contribution in [0.2, 0.25) is 5.02 Å². The second-order valence-corrected chi connectivity index (χ2v) is 6.78. The maximum absolute atomic E-state index is 13.1. The standard InChI is InChI=1S/C20H9ClF6N2/c21-14-2-4-17-15(8-14)18-10(9-28-17)1-3-16(29-18)11-5-12(19(22,23)24)7-13(6-11)20(25,26)27/h1-9H. The highest BCUT2D eigenvalue weighted by atomic mass is 35.5. The second kappa shape index (κ2) is 6.59. The maximum atomic E-state index is 13.1. The average Bonchev–Trinajstić information content (AvgIpc) is 2.65. The molecule has 2 nitrogen and oxygen atoms in total. The van der Waals surface area contributed by atoms with Gasteiger partial charge < -0.3 is 0 Å². The summed E-state index contributed by atoms with van der Waals surface area (Å²) in [5.41, 5.74) is -2.19. The van der Waals surface area contributed by atoms with Crippen molar-refractivity contribution in [3.8, 4) is 11.3 Å². The first-order valence-electron chi connectivity index (χ1n) is 8.17. The van der Waals surface area contributed by atoms with Gasteiger partial charge in [-0.2, -0.15) is 26.3 Å². The van der Waals surface area contributed by atoms with Gasteiger partial charge in [-0.05, 0) is 48.5 Å². The number of hydrogen-bond donors (Lipinski definition) is 0. The molecule has 0 radical (unpaired) electrons. The van der Waals surface area contributed by atoms with Crippen molar-refractivity contribution < 1.29 is 26.3 Å². The van der Waals surface area contributed by atoms with E-state index < -0.39 is 23.5 Å². The molecule has 4 rings (SSSR count). The Morgan fingerprint density at radius 1 is 0.759 bits per heavy atom. The molecule has 0 aliphatic heterocycles. The Kier molecular flexibility index (Phi) is 4.42. The SMILES string of the molecule is FC(F)(F)c1cc(-c2ccc3cnc4ccc(Cl)cc4c3n2)cc(C(F)(F)F)c1. The summed E-state index contributed by atoms with van der Waals surface area (Å²) in [6.45, 7) is 0. The van der Waals surface area contributed by atoms with Gasteiger partial charge in [-0.3, -0.25) is 4.98 Å². The molecule has 0 amide bonds. The lowest BCUT2D eigenvalue weighted by molar-refractivity contribution is -0.143. The summed E-state index contributed by atoms with van der Waals surface area (Å²) in [4.78, 5) is 8.58. The first kappa shape index (κ1) is 19.4. The summed E-state index contributed by atoms with van der Waals surface area (Å²) < 4.78 is 78.9. The minimum absolute atomic E-state index is 0.0263. The number of pyridine rings is 2. The molecule has 0 fully saturated rings. The van der Waals surface area contributed by atoms with Crippen LogP contribution in [0.5, 0.6) is 0 Å².